The van der Waals surface area contributed by atoms with Gasteiger partial charge in [0.15, 0.2) is 0 Å². The van der Waals surface area contributed by atoms with Gasteiger partial charge >= 0.3 is 0 Å². The first-order valence-corrected chi connectivity index (χ1v) is 7.75. The van der Waals surface area contributed by atoms with E-state index in [-0.39, 0.29) is 30.3 Å². The lowest BCUT2D eigenvalue weighted by molar-refractivity contribution is -0.124. The smallest absolute Gasteiger partial charge is 0.224 e. The van der Waals surface area contributed by atoms with E-state index in [1.807, 2.05) is 68.6 Å². The molecule has 0 spiro atoms. The highest BCUT2D eigenvalue weighted by atomic mass is 35.5. The Hall–Kier alpha value is -1.55. The second-order valence-electron chi connectivity index (χ2n) is 5.37. The molecule has 3 nitrogen and oxygen atoms in total. The topological polar surface area (TPSA) is 41.1 Å². The van der Waals surface area contributed by atoms with Crippen LogP contribution in [0.2, 0.25) is 5.02 Å². The molecule has 124 valence electrons. The molecule has 0 saturated carbocycles. The van der Waals surface area contributed by atoms with Crippen LogP contribution in [0.25, 0.3) is 0 Å². The number of rotatable bonds is 6. The zero-order valence-corrected chi connectivity index (χ0v) is 14.8. The van der Waals surface area contributed by atoms with Crippen LogP contribution in [0.5, 0.6) is 0 Å². The summed E-state index contributed by atoms with van der Waals surface area (Å²) in [7, 11) is 1.84. The fourth-order valence-electron chi connectivity index (χ4n) is 2.37. The molecule has 0 bridgehead atoms. The number of carbonyl (C=O) groups is 1. The van der Waals surface area contributed by atoms with Crippen LogP contribution in [0.4, 0.5) is 0 Å². The molecule has 0 saturated heterocycles. The molecule has 2 aromatic rings. The molecule has 2 aromatic carbocycles. The van der Waals surface area contributed by atoms with Crippen LogP contribution < -0.4 is 10.6 Å². The Morgan fingerprint density at radius 1 is 1.09 bits per heavy atom. The lowest BCUT2D eigenvalue weighted by Crippen LogP contribution is -2.37. The van der Waals surface area contributed by atoms with Crippen LogP contribution >= 0.6 is 24.0 Å². The van der Waals surface area contributed by atoms with Gasteiger partial charge in [-0.1, -0.05) is 61.0 Å². The Morgan fingerprint density at radius 2 is 1.74 bits per heavy atom. The van der Waals surface area contributed by atoms with E-state index in [2.05, 4.69) is 10.6 Å². The fourth-order valence-corrected chi connectivity index (χ4v) is 2.57. The Labute approximate surface area is 148 Å². The summed E-state index contributed by atoms with van der Waals surface area (Å²) < 4.78 is 0. The summed E-state index contributed by atoms with van der Waals surface area (Å²) in [4.78, 5) is 12.4. The first-order valence-electron chi connectivity index (χ1n) is 7.37. The molecule has 0 aliphatic rings. The van der Waals surface area contributed by atoms with Gasteiger partial charge in [0, 0.05) is 17.5 Å². The molecule has 2 atom stereocenters. The first-order chi connectivity index (χ1) is 10.6. The molecule has 0 aliphatic carbocycles. The van der Waals surface area contributed by atoms with Gasteiger partial charge in [0.2, 0.25) is 5.91 Å². The summed E-state index contributed by atoms with van der Waals surface area (Å²) in [6.45, 7) is 2.55. The molecule has 0 aliphatic heterocycles. The minimum Gasteiger partial charge on any atom is -0.345 e. The summed E-state index contributed by atoms with van der Waals surface area (Å²) in [6.07, 6.45) is 0. The van der Waals surface area contributed by atoms with E-state index in [1.165, 1.54) is 0 Å². The van der Waals surface area contributed by atoms with Crippen LogP contribution in [0.1, 0.15) is 24.1 Å². The first kappa shape index (κ1) is 19.5. The Bertz CT molecular complexity index is 619. The SMILES string of the molecule is CNCC(C)C(=O)NC(c1ccccc1)c1cccc(Cl)c1.Cl. The van der Waals surface area contributed by atoms with Crippen LogP contribution in [0, 0.1) is 5.92 Å². The van der Waals surface area contributed by atoms with Crippen molar-refractivity contribution in [3.05, 3.63) is 70.7 Å². The monoisotopic (exact) mass is 352 g/mol. The predicted molar refractivity (Wildman–Crippen MR) is 98.2 cm³/mol. The van der Waals surface area contributed by atoms with Crippen LogP contribution in [-0.2, 0) is 4.79 Å². The molecular formula is C18H22Cl2N2O. The van der Waals surface area contributed by atoms with Gasteiger partial charge in [-0.2, -0.15) is 0 Å². The number of amides is 1. The maximum Gasteiger partial charge on any atom is 0.224 e. The van der Waals surface area contributed by atoms with Crippen molar-refractivity contribution in [1.82, 2.24) is 10.6 Å². The summed E-state index contributed by atoms with van der Waals surface area (Å²) in [6, 6.07) is 17.3. The minimum atomic E-state index is -0.202. The van der Waals surface area contributed by atoms with Gasteiger partial charge in [-0.25, -0.2) is 0 Å². The maximum absolute atomic E-state index is 12.4. The third kappa shape index (κ3) is 5.54. The highest BCUT2D eigenvalue weighted by molar-refractivity contribution is 6.30. The molecular weight excluding hydrogens is 331 g/mol. The van der Waals surface area contributed by atoms with E-state index < -0.39 is 0 Å². The molecule has 2 rings (SSSR count). The van der Waals surface area contributed by atoms with Gasteiger partial charge in [-0.05, 0) is 30.3 Å². The summed E-state index contributed by atoms with van der Waals surface area (Å²) >= 11 is 6.10. The minimum absolute atomic E-state index is 0. The second kappa shape index (κ2) is 9.56. The largest absolute Gasteiger partial charge is 0.345 e. The normalized spacial score (nSPS) is 12.8. The third-order valence-corrected chi connectivity index (χ3v) is 3.79. The molecule has 0 aromatic heterocycles. The van der Waals surface area contributed by atoms with E-state index in [0.29, 0.717) is 11.6 Å². The molecule has 23 heavy (non-hydrogen) atoms. The van der Waals surface area contributed by atoms with Crippen molar-refractivity contribution in [2.75, 3.05) is 13.6 Å². The maximum atomic E-state index is 12.4. The molecule has 2 N–H and O–H groups in total. The number of hydrogen-bond acceptors (Lipinski definition) is 2. The third-order valence-electron chi connectivity index (χ3n) is 3.56. The Balaban J connectivity index is 0.00000264. The van der Waals surface area contributed by atoms with Crippen molar-refractivity contribution in [1.29, 1.82) is 0 Å². The standard InChI is InChI=1S/C18H21ClN2O.ClH/c1-13(12-20-2)18(22)21-17(14-7-4-3-5-8-14)15-9-6-10-16(19)11-15;/h3-11,13,17,20H,12H2,1-2H3,(H,21,22);1H. The van der Waals surface area contributed by atoms with Crippen LogP contribution in [-0.4, -0.2) is 19.5 Å². The lowest BCUT2D eigenvalue weighted by atomic mass is 9.98. The van der Waals surface area contributed by atoms with Crippen molar-refractivity contribution in [2.45, 2.75) is 13.0 Å². The number of hydrogen-bond donors (Lipinski definition) is 2. The van der Waals surface area contributed by atoms with Gasteiger partial charge < -0.3 is 10.6 Å². The summed E-state index contributed by atoms with van der Waals surface area (Å²) in [5, 5.41) is 6.82. The van der Waals surface area contributed by atoms with Crippen molar-refractivity contribution in [3.63, 3.8) is 0 Å². The van der Waals surface area contributed by atoms with Crippen LogP contribution in [0.3, 0.4) is 0 Å². The molecule has 0 heterocycles. The zero-order chi connectivity index (χ0) is 15.9. The fraction of sp³-hybridized carbons (Fsp3) is 0.278. The van der Waals surface area contributed by atoms with Crippen molar-refractivity contribution in [3.8, 4) is 0 Å². The van der Waals surface area contributed by atoms with Gasteiger partial charge in [-0.3, -0.25) is 4.79 Å². The van der Waals surface area contributed by atoms with Crippen LogP contribution in [0.15, 0.2) is 54.6 Å². The molecule has 2 unspecified atom stereocenters. The van der Waals surface area contributed by atoms with Crippen molar-refractivity contribution < 1.29 is 4.79 Å². The number of halogens is 2. The van der Waals surface area contributed by atoms with Gasteiger partial charge in [0.25, 0.3) is 0 Å². The Morgan fingerprint density at radius 3 is 2.35 bits per heavy atom. The quantitative estimate of drug-likeness (QED) is 0.829. The molecule has 1 amide bonds. The summed E-state index contributed by atoms with van der Waals surface area (Å²) in [5.41, 5.74) is 2.01. The summed E-state index contributed by atoms with van der Waals surface area (Å²) in [5.74, 6) is -0.0847. The predicted octanol–water partition coefficient (Wildman–Crippen LogP) is 3.82. The average molecular weight is 353 g/mol. The van der Waals surface area contributed by atoms with E-state index in [4.69, 9.17) is 11.6 Å². The number of benzene rings is 2. The van der Waals surface area contributed by atoms with Gasteiger partial charge in [0.05, 0.1) is 6.04 Å². The number of nitrogens with one attached hydrogen (secondary N) is 2. The van der Waals surface area contributed by atoms with Gasteiger partial charge in [-0.15, -0.1) is 12.4 Å². The zero-order valence-electron chi connectivity index (χ0n) is 13.3. The molecule has 0 radical (unpaired) electrons. The number of carbonyl (C=O) groups excluding carboxylic acids is 1. The van der Waals surface area contributed by atoms with Gasteiger partial charge in [0.1, 0.15) is 0 Å². The van der Waals surface area contributed by atoms with E-state index >= 15 is 0 Å². The van der Waals surface area contributed by atoms with E-state index in [0.717, 1.165) is 11.1 Å². The molecule has 5 heteroatoms. The van der Waals surface area contributed by atoms with E-state index in [1.54, 1.807) is 0 Å². The molecule has 0 fully saturated rings. The van der Waals surface area contributed by atoms with Crippen molar-refractivity contribution in [2.24, 2.45) is 5.92 Å². The highest BCUT2D eigenvalue weighted by Crippen LogP contribution is 2.24. The second-order valence-corrected chi connectivity index (χ2v) is 5.80. The van der Waals surface area contributed by atoms with E-state index in [9.17, 15) is 4.79 Å². The lowest BCUT2D eigenvalue weighted by Gasteiger charge is -2.22. The van der Waals surface area contributed by atoms with Crippen molar-refractivity contribution >= 4 is 29.9 Å². The Kier molecular flexibility index (Phi) is 8.10. The highest BCUT2D eigenvalue weighted by Gasteiger charge is 2.20. The average Bonchev–Trinajstić information content (AvgIpc) is 2.53.